The molecule has 0 saturated heterocycles. The van der Waals surface area contributed by atoms with Crippen LogP contribution in [0.4, 0.5) is 4.79 Å². The van der Waals surface area contributed by atoms with Crippen LogP contribution in [0.5, 0.6) is 0 Å². The van der Waals surface area contributed by atoms with Crippen LogP contribution in [0.2, 0.25) is 12.1 Å². The van der Waals surface area contributed by atoms with Crippen molar-refractivity contribution in [1.29, 1.82) is 0 Å². The molecule has 5 nitrogen and oxygen atoms in total. The maximum absolute atomic E-state index is 11.0. The predicted molar refractivity (Wildman–Crippen MR) is 88.7 cm³/mol. The molecular weight excluding hydrogens is 286 g/mol. The van der Waals surface area contributed by atoms with E-state index in [9.17, 15) is 4.79 Å². The van der Waals surface area contributed by atoms with Gasteiger partial charge in [0, 0.05) is 29.3 Å². The fourth-order valence-corrected chi connectivity index (χ4v) is 3.76. The molecule has 0 aliphatic carbocycles. The minimum atomic E-state index is -0.303. The lowest BCUT2D eigenvalue weighted by Gasteiger charge is -2.16. The van der Waals surface area contributed by atoms with E-state index in [0.29, 0.717) is 13.2 Å². The zero-order chi connectivity index (χ0) is 15.8. The van der Waals surface area contributed by atoms with Crippen LogP contribution in [0, 0.1) is 0 Å². The normalized spacial score (nSPS) is 11.4. The molecule has 0 heterocycles. The summed E-state index contributed by atoms with van der Waals surface area (Å²) in [5, 5.41) is 2.74. The van der Waals surface area contributed by atoms with E-state index in [0.717, 1.165) is 25.7 Å². The number of nitrogens with one attached hydrogen (secondary N) is 1. The Morgan fingerprint density at radius 3 is 2.29 bits per heavy atom. The Morgan fingerprint density at radius 1 is 1.00 bits per heavy atom. The summed E-state index contributed by atoms with van der Waals surface area (Å²) < 4.78 is 15.9. The van der Waals surface area contributed by atoms with Gasteiger partial charge in [-0.15, -0.1) is 0 Å². The Balaban J connectivity index is 3.29. The Kier molecular flexibility index (Phi) is 15.3. The topological polar surface area (TPSA) is 56.8 Å². The highest BCUT2D eigenvalue weighted by atomic mass is 28.2. The van der Waals surface area contributed by atoms with Gasteiger partial charge in [-0.2, -0.15) is 0 Å². The number of alkyl carbamates (subject to hydrolysis) is 1. The zero-order valence-corrected chi connectivity index (χ0v) is 15.4. The maximum Gasteiger partial charge on any atom is 0.407 e. The molecule has 1 amide bonds. The molecule has 0 aromatic heterocycles. The molecule has 0 spiro atoms. The van der Waals surface area contributed by atoms with Gasteiger partial charge in [-0.1, -0.05) is 25.3 Å². The standard InChI is InChI=1S/C15H33NO4Si/c1-4-18-14(19-5-2)13-21-12-10-8-7-9-11-16-15(17)20-6-3/h14H,4-13,21H2,1-3H3,(H,16,17). The van der Waals surface area contributed by atoms with Crippen LogP contribution in [0.1, 0.15) is 46.5 Å². The van der Waals surface area contributed by atoms with Crippen molar-refractivity contribution in [3.63, 3.8) is 0 Å². The van der Waals surface area contributed by atoms with Crippen molar-refractivity contribution >= 4 is 15.6 Å². The SMILES string of the molecule is CCOC(=O)NCCCCCC[SiH2]CC(OCC)OCC. The van der Waals surface area contributed by atoms with Crippen molar-refractivity contribution in [2.75, 3.05) is 26.4 Å². The van der Waals surface area contributed by atoms with Crippen LogP contribution >= 0.6 is 0 Å². The van der Waals surface area contributed by atoms with E-state index in [1.165, 1.54) is 25.3 Å². The quantitative estimate of drug-likeness (QED) is 0.304. The van der Waals surface area contributed by atoms with Gasteiger partial charge in [0.25, 0.3) is 0 Å². The van der Waals surface area contributed by atoms with E-state index in [4.69, 9.17) is 14.2 Å². The average Bonchev–Trinajstić information content (AvgIpc) is 2.46. The lowest BCUT2D eigenvalue weighted by Crippen LogP contribution is -2.25. The van der Waals surface area contributed by atoms with E-state index < -0.39 is 0 Å². The molecular formula is C15H33NO4Si. The van der Waals surface area contributed by atoms with Crippen molar-refractivity contribution in [1.82, 2.24) is 5.32 Å². The zero-order valence-electron chi connectivity index (χ0n) is 14.0. The molecule has 0 rings (SSSR count). The Morgan fingerprint density at radius 2 is 1.67 bits per heavy atom. The first kappa shape index (κ1) is 20.4. The number of hydrogen-bond acceptors (Lipinski definition) is 4. The molecule has 1 N–H and O–H groups in total. The van der Waals surface area contributed by atoms with Crippen molar-refractivity contribution in [3.05, 3.63) is 0 Å². The molecule has 0 saturated carbocycles. The van der Waals surface area contributed by atoms with Crippen LogP contribution < -0.4 is 5.32 Å². The summed E-state index contributed by atoms with van der Waals surface area (Å²) in [6.45, 7) is 8.44. The van der Waals surface area contributed by atoms with E-state index >= 15 is 0 Å². The number of carbonyl (C=O) groups excluding carboxylic acids is 1. The fourth-order valence-electron chi connectivity index (χ4n) is 2.10. The number of ether oxygens (including phenoxy) is 3. The molecule has 0 aromatic rings. The number of unbranched alkanes of at least 4 members (excludes halogenated alkanes) is 3. The maximum atomic E-state index is 11.0. The van der Waals surface area contributed by atoms with Gasteiger partial charge in [0.2, 0.25) is 0 Å². The summed E-state index contributed by atoms with van der Waals surface area (Å²) >= 11 is 0. The van der Waals surface area contributed by atoms with Gasteiger partial charge >= 0.3 is 6.09 Å². The molecule has 0 unspecified atom stereocenters. The van der Waals surface area contributed by atoms with Gasteiger partial charge in [-0.25, -0.2) is 4.79 Å². The first-order valence-corrected chi connectivity index (χ1v) is 10.4. The van der Waals surface area contributed by atoms with E-state index in [1.807, 2.05) is 20.8 Å². The van der Waals surface area contributed by atoms with Gasteiger partial charge in [0.15, 0.2) is 6.29 Å². The monoisotopic (exact) mass is 319 g/mol. The molecule has 0 aliphatic heterocycles. The number of rotatable bonds is 14. The van der Waals surface area contributed by atoms with Gasteiger partial charge in [0.1, 0.15) is 0 Å². The molecule has 0 aliphatic rings. The molecule has 0 aromatic carbocycles. The largest absolute Gasteiger partial charge is 0.450 e. The Labute approximate surface area is 131 Å². The van der Waals surface area contributed by atoms with Crippen LogP contribution in [0.3, 0.4) is 0 Å². The molecule has 0 atom stereocenters. The lowest BCUT2D eigenvalue weighted by atomic mass is 10.2. The van der Waals surface area contributed by atoms with E-state index in [-0.39, 0.29) is 21.9 Å². The van der Waals surface area contributed by atoms with Crippen LogP contribution in [0.25, 0.3) is 0 Å². The van der Waals surface area contributed by atoms with Crippen LogP contribution in [-0.2, 0) is 14.2 Å². The first-order chi connectivity index (χ1) is 10.2. The molecule has 0 radical (unpaired) electrons. The first-order valence-electron chi connectivity index (χ1n) is 8.38. The predicted octanol–water partition coefficient (Wildman–Crippen LogP) is 2.70. The van der Waals surface area contributed by atoms with Crippen LogP contribution in [0.15, 0.2) is 0 Å². The molecule has 6 heteroatoms. The summed E-state index contributed by atoms with van der Waals surface area (Å²) in [5.41, 5.74) is 0. The third kappa shape index (κ3) is 14.1. The van der Waals surface area contributed by atoms with Crippen molar-refractivity contribution in [2.45, 2.75) is 64.8 Å². The molecule has 21 heavy (non-hydrogen) atoms. The highest BCUT2D eigenvalue weighted by Crippen LogP contribution is 2.07. The van der Waals surface area contributed by atoms with Gasteiger partial charge in [-0.3, -0.25) is 0 Å². The summed E-state index contributed by atoms with van der Waals surface area (Å²) in [4.78, 5) is 11.0. The second-order valence-corrected chi connectivity index (χ2v) is 6.89. The minimum Gasteiger partial charge on any atom is -0.450 e. The van der Waals surface area contributed by atoms with Gasteiger partial charge in [-0.05, 0) is 33.2 Å². The summed E-state index contributed by atoms with van der Waals surface area (Å²) in [7, 11) is -0.0758. The molecule has 0 fully saturated rings. The fraction of sp³-hybridized carbons (Fsp3) is 0.933. The smallest absolute Gasteiger partial charge is 0.407 e. The summed E-state index contributed by atoms with van der Waals surface area (Å²) in [6.07, 6.45) is 4.45. The molecule has 126 valence electrons. The molecule has 0 bridgehead atoms. The Hall–Kier alpha value is -0.593. The van der Waals surface area contributed by atoms with Crippen molar-refractivity contribution in [2.24, 2.45) is 0 Å². The highest BCUT2D eigenvalue weighted by Gasteiger charge is 2.07. The number of amides is 1. The van der Waals surface area contributed by atoms with E-state index in [2.05, 4.69) is 5.32 Å². The van der Waals surface area contributed by atoms with E-state index in [1.54, 1.807) is 0 Å². The third-order valence-electron chi connectivity index (χ3n) is 3.12. The average molecular weight is 320 g/mol. The van der Waals surface area contributed by atoms with Gasteiger partial charge in [0.05, 0.1) is 6.61 Å². The van der Waals surface area contributed by atoms with Crippen molar-refractivity contribution < 1.29 is 19.0 Å². The third-order valence-corrected chi connectivity index (χ3v) is 5.00. The second kappa shape index (κ2) is 15.8. The number of carbonyl (C=O) groups is 1. The van der Waals surface area contributed by atoms with Crippen molar-refractivity contribution in [3.8, 4) is 0 Å². The van der Waals surface area contributed by atoms with Crippen LogP contribution in [-0.4, -0.2) is 48.3 Å². The minimum absolute atomic E-state index is 0.0282. The summed E-state index contributed by atoms with van der Waals surface area (Å²) in [6, 6.07) is 2.47. The Bertz CT molecular complexity index is 236. The second-order valence-electron chi connectivity index (χ2n) is 4.90. The highest BCUT2D eigenvalue weighted by molar-refractivity contribution is 6.35. The lowest BCUT2D eigenvalue weighted by molar-refractivity contribution is -0.123. The van der Waals surface area contributed by atoms with Gasteiger partial charge < -0.3 is 19.5 Å². The summed E-state index contributed by atoms with van der Waals surface area (Å²) in [5.74, 6) is 0. The number of hydrogen-bond donors (Lipinski definition) is 1.